The molecule has 0 N–H and O–H groups in total. The molecule has 27 rings (SSSR count). The molecule has 0 amide bonds. The van der Waals surface area contributed by atoms with E-state index in [1.807, 2.05) is 72.0 Å². The summed E-state index contributed by atoms with van der Waals surface area (Å²) in [5.41, 5.74) is 38.3. The maximum Gasteiger partial charge on any atom is 0.164 e. The average molecular weight is 1840 g/mol. The fraction of sp³-hybridized carbons (Fsp3) is 0.159. The molecule has 4 aliphatic rings. The molecule has 5 heterocycles. The number of thiophene rings is 1. The Hall–Kier alpha value is -15.8. The number of aromatic nitrogens is 3. The third-order valence-corrected chi connectivity index (χ3v) is 34.4. The summed E-state index contributed by atoms with van der Waals surface area (Å²) in [6, 6.07) is 142. The second kappa shape index (κ2) is 32.1. The van der Waals surface area contributed by atoms with E-state index in [0.29, 0.717) is 17.5 Å². The van der Waals surface area contributed by atoms with Crippen LogP contribution in [0, 0.1) is 0 Å². The standard InChI is InChI=1S/C45H35N3O.C45H39NO.C42H33NOS/c1-44(2)36-21-12-11-20-33(36)34-23-25-38-39(40(34)45(44,3)4)35-27-31(22-24-37(35)49-38)30-18-13-19-32(26-30)43-47-41(28-14-7-5-8-15-28)46-42(48-43)29-16-9-6-10-17-29;1-43(2)37-18-12-10-16-31(37)33-22-20-30(25-39(33)43)46(28-14-8-7-9-15-28)29-21-23-41-35(24-29)36-26-40-34(27-42(36)47-41)32-17-11-13-19-38(32)44(3,4)45(40,5)6;1-41(2)35-16-10-8-14-29(35)31-25-38-33(24-36(31)42(41,3)4)32-22-27(18-20-37(32)44-38)43(26-12-6-5-7-13-26)28-19-21-40-34(23-28)30-15-9-11-17-39(30)45-40/h5-27H,1-4H3;7-27H,1-6H3;5-25H,1-4H3. The quantitative estimate of drug-likeness (QED) is 0.134. The van der Waals surface area contributed by atoms with Gasteiger partial charge >= 0.3 is 0 Å². The van der Waals surface area contributed by atoms with Gasteiger partial charge in [-0.25, -0.2) is 15.0 Å². The van der Waals surface area contributed by atoms with Gasteiger partial charge in [-0.3, -0.25) is 0 Å². The monoisotopic (exact) mass is 1840 g/mol. The molecule has 0 saturated heterocycles. The zero-order valence-electron chi connectivity index (χ0n) is 81.9. The Morgan fingerprint density at radius 1 is 0.199 bits per heavy atom. The van der Waals surface area contributed by atoms with Crippen LogP contribution >= 0.6 is 11.3 Å². The summed E-state index contributed by atoms with van der Waals surface area (Å²) in [6.07, 6.45) is 0. The van der Waals surface area contributed by atoms with E-state index in [1.54, 1.807) is 0 Å². The van der Waals surface area contributed by atoms with E-state index < -0.39 is 0 Å². The number of rotatable bonds is 10. The van der Waals surface area contributed by atoms with Gasteiger partial charge in [0, 0.05) is 114 Å². The summed E-state index contributed by atoms with van der Waals surface area (Å²) < 4.78 is 22.3. The lowest BCUT2D eigenvalue weighted by Crippen LogP contribution is -2.43. The minimum atomic E-state index is -0.144. The summed E-state index contributed by atoms with van der Waals surface area (Å²) in [5, 5.41) is 9.56. The minimum absolute atomic E-state index is 0.0243. The Labute approximate surface area is 827 Å². The van der Waals surface area contributed by atoms with Crippen molar-refractivity contribution in [3.05, 3.63) is 439 Å². The fourth-order valence-corrected chi connectivity index (χ4v) is 24.7. The number of fused-ring (bicyclic) bond motifs is 25. The van der Waals surface area contributed by atoms with Crippen LogP contribution in [0.15, 0.2) is 408 Å². The zero-order chi connectivity index (χ0) is 96.1. The first-order valence-corrected chi connectivity index (χ1v) is 50.1. The molecule has 18 aromatic carbocycles. The van der Waals surface area contributed by atoms with Crippen LogP contribution in [0.4, 0.5) is 34.1 Å². The highest BCUT2D eigenvalue weighted by molar-refractivity contribution is 7.25. The first kappa shape index (κ1) is 86.7. The van der Waals surface area contributed by atoms with Gasteiger partial charge in [0.1, 0.15) is 33.5 Å². The topological polar surface area (TPSA) is 84.6 Å². The Bertz CT molecular complexity index is 8980. The lowest BCUT2D eigenvalue weighted by Gasteiger charge is -2.48. The number of nitrogens with zero attached hydrogens (tertiary/aromatic N) is 5. The molecule has 0 spiro atoms. The van der Waals surface area contributed by atoms with Crippen LogP contribution in [0.5, 0.6) is 0 Å². The van der Waals surface area contributed by atoms with Crippen LogP contribution in [-0.2, 0) is 37.9 Å². The van der Waals surface area contributed by atoms with Gasteiger partial charge in [0.25, 0.3) is 0 Å². The van der Waals surface area contributed by atoms with Crippen molar-refractivity contribution in [2.24, 2.45) is 0 Å². The molecule has 23 aromatic rings. The van der Waals surface area contributed by atoms with Crippen LogP contribution < -0.4 is 9.80 Å². The summed E-state index contributed by atoms with van der Waals surface area (Å²) >= 11 is 1.85. The molecule has 141 heavy (non-hydrogen) atoms. The lowest BCUT2D eigenvalue weighted by molar-refractivity contribution is 0.299. The van der Waals surface area contributed by atoms with Crippen molar-refractivity contribution in [2.75, 3.05) is 9.80 Å². The molecule has 8 nitrogen and oxygen atoms in total. The van der Waals surface area contributed by atoms with Crippen LogP contribution in [0.3, 0.4) is 0 Å². The minimum Gasteiger partial charge on any atom is -0.456 e. The zero-order valence-corrected chi connectivity index (χ0v) is 82.7. The fourth-order valence-electron chi connectivity index (χ4n) is 23.6. The summed E-state index contributed by atoms with van der Waals surface area (Å²) in [7, 11) is 0. The second-order valence-electron chi connectivity index (χ2n) is 42.6. The highest BCUT2D eigenvalue weighted by Crippen LogP contribution is 2.61. The average Bonchev–Trinajstić information content (AvgIpc) is 1.60. The molecule has 0 saturated carbocycles. The molecule has 0 atom stereocenters. The number of furan rings is 3. The Morgan fingerprint density at radius 3 is 1.09 bits per heavy atom. The van der Waals surface area contributed by atoms with Gasteiger partial charge in [-0.2, -0.15) is 0 Å². The van der Waals surface area contributed by atoms with Crippen LogP contribution in [0.2, 0.25) is 0 Å². The molecule has 0 aliphatic heterocycles. The summed E-state index contributed by atoms with van der Waals surface area (Å²) in [4.78, 5) is 19.6. The third kappa shape index (κ3) is 13.5. The molecule has 9 heteroatoms. The van der Waals surface area contributed by atoms with E-state index >= 15 is 0 Å². The number of hydrogen-bond donors (Lipinski definition) is 0. The normalized spacial score (nSPS) is 15.3. The SMILES string of the molecule is CC1(C)c2ccccc2-c2cc3oc4ccc(N(c5ccccc5)c5ccc6sc7ccccc7c6c5)cc4c3cc2C1(C)C.CC1(C)c2ccccc2-c2ccc(N(c3ccccc3)c3ccc4oc5cc6c(cc5c4c3)C(C)(C)C(C)(C)c3ccccc3-6)cc21.CC1(C)c2ccccc2-c2ccc3oc4ccc(-c5cccc(-c6nc(-c7ccccc7)nc(-c7ccccc7)n6)c5)cc4c3c2C1(C)C. The maximum absolute atomic E-state index is 6.60. The molecule has 0 radical (unpaired) electrons. The Kier molecular flexibility index (Phi) is 19.8. The van der Waals surface area contributed by atoms with Crippen molar-refractivity contribution in [3.8, 4) is 89.8 Å². The first-order valence-electron chi connectivity index (χ1n) is 49.3. The van der Waals surface area contributed by atoms with Crippen molar-refractivity contribution in [1.82, 2.24) is 15.0 Å². The van der Waals surface area contributed by atoms with Crippen LogP contribution in [-0.4, -0.2) is 15.0 Å². The first-order chi connectivity index (χ1) is 68.2. The highest BCUT2D eigenvalue weighted by atomic mass is 32.1. The van der Waals surface area contributed by atoms with Crippen molar-refractivity contribution >= 4 is 131 Å². The Morgan fingerprint density at radius 2 is 0.553 bits per heavy atom. The van der Waals surface area contributed by atoms with Crippen molar-refractivity contribution < 1.29 is 13.3 Å². The molecular formula is C132H107N5O3S. The Balaban J connectivity index is 0.000000111. The van der Waals surface area contributed by atoms with E-state index in [0.717, 1.165) is 112 Å². The third-order valence-electron chi connectivity index (χ3n) is 33.3. The van der Waals surface area contributed by atoms with E-state index in [2.05, 4.69) is 440 Å². The molecule has 4 aliphatic carbocycles. The molecule has 0 bridgehead atoms. The van der Waals surface area contributed by atoms with E-state index in [1.165, 1.54) is 125 Å². The summed E-state index contributed by atoms with van der Waals surface area (Å²) in [5.74, 6) is 1.94. The molecule has 684 valence electrons. The van der Waals surface area contributed by atoms with Crippen molar-refractivity contribution in [1.29, 1.82) is 0 Å². The van der Waals surface area contributed by atoms with Gasteiger partial charge < -0.3 is 23.1 Å². The van der Waals surface area contributed by atoms with Gasteiger partial charge in [-0.05, 0) is 273 Å². The predicted octanol–water partition coefficient (Wildman–Crippen LogP) is 36.9. The number of benzene rings is 18. The number of anilines is 6. The smallest absolute Gasteiger partial charge is 0.164 e. The van der Waals surface area contributed by atoms with Crippen molar-refractivity contribution in [3.63, 3.8) is 0 Å². The molecule has 0 unspecified atom stereocenters. The van der Waals surface area contributed by atoms with Gasteiger partial charge in [-0.1, -0.05) is 346 Å². The van der Waals surface area contributed by atoms with Gasteiger partial charge in [-0.15, -0.1) is 11.3 Å². The lowest BCUT2D eigenvalue weighted by atomic mass is 9.55. The van der Waals surface area contributed by atoms with Crippen LogP contribution in [0.25, 0.3) is 176 Å². The predicted molar refractivity (Wildman–Crippen MR) is 591 cm³/mol. The molecule has 0 fully saturated rings. The van der Waals surface area contributed by atoms with Gasteiger partial charge in [0.05, 0.1) is 0 Å². The van der Waals surface area contributed by atoms with E-state index in [4.69, 9.17) is 28.2 Å². The van der Waals surface area contributed by atoms with Gasteiger partial charge in [0.15, 0.2) is 17.5 Å². The second-order valence-corrected chi connectivity index (χ2v) is 43.6. The van der Waals surface area contributed by atoms with Crippen LogP contribution in [0.1, 0.15) is 141 Å². The maximum atomic E-state index is 6.60. The molecule has 5 aromatic heterocycles. The van der Waals surface area contributed by atoms with E-state index in [9.17, 15) is 0 Å². The van der Waals surface area contributed by atoms with Gasteiger partial charge in [0.2, 0.25) is 0 Å². The largest absolute Gasteiger partial charge is 0.456 e. The summed E-state index contributed by atoms with van der Waals surface area (Å²) in [6.45, 7) is 33.3. The number of para-hydroxylation sites is 2. The van der Waals surface area contributed by atoms with E-state index in [-0.39, 0.29) is 37.9 Å². The molecular weight excluding hydrogens is 1740 g/mol. The highest BCUT2D eigenvalue weighted by Gasteiger charge is 2.50. The van der Waals surface area contributed by atoms with Crippen molar-refractivity contribution in [2.45, 2.75) is 135 Å². The number of hydrogen-bond acceptors (Lipinski definition) is 9.